The zero-order valence-electron chi connectivity index (χ0n) is 12.8. The summed E-state index contributed by atoms with van der Waals surface area (Å²) in [5.41, 5.74) is 0.967. The van der Waals surface area contributed by atoms with Gasteiger partial charge in [-0.2, -0.15) is 0 Å². The topological polar surface area (TPSA) is 78.9 Å². The number of rotatable bonds is 8. The van der Waals surface area contributed by atoms with E-state index in [1.165, 1.54) is 0 Å². The summed E-state index contributed by atoms with van der Waals surface area (Å²) < 4.78 is 13.0. The van der Waals surface area contributed by atoms with Crippen molar-refractivity contribution in [3.63, 3.8) is 0 Å². The average Bonchev–Trinajstić information content (AvgIpc) is 3.26. The van der Waals surface area contributed by atoms with Crippen molar-refractivity contribution in [2.45, 2.75) is 31.6 Å². The maximum Gasteiger partial charge on any atom is 0.276 e. The third-order valence-corrected chi connectivity index (χ3v) is 3.99. The molecular formula is C15H17N5O2S. The molecule has 0 aliphatic rings. The average molecular weight is 331 g/mol. The van der Waals surface area contributed by atoms with Crippen molar-refractivity contribution in [2.75, 3.05) is 5.75 Å². The molecule has 0 radical (unpaired) electrons. The van der Waals surface area contributed by atoms with Crippen LogP contribution in [-0.4, -0.2) is 30.7 Å². The molecule has 0 saturated heterocycles. The van der Waals surface area contributed by atoms with Crippen LogP contribution in [0.25, 0.3) is 5.69 Å². The quantitative estimate of drug-likeness (QED) is 0.463. The molecule has 0 spiro atoms. The highest BCUT2D eigenvalue weighted by Crippen LogP contribution is 2.19. The zero-order valence-corrected chi connectivity index (χ0v) is 13.6. The summed E-state index contributed by atoms with van der Waals surface area (Å²) in [6.07, 6.45) is 5.58. The van der Waals surface area contributed by atoms with Gasteiger partial charge < -0.3 is 9.15 Å². The molecule has 0 aliphatic heterocycles. The number of ether oxygens (including phenoxy) is 1. The van der Waals surface area contributed by atoms with Crippen molar-refractivity contribution >= 4 is 11.8 Å². The Bertz CT molecular complexity index is 712. The summed E-state index contributed by atoms with van der Waals surface area (Å²) in [6, 6.07) is 7.61. The fourth-order valence-electron chi connectivity index (χ4n) is 1.85. The molecule has 120 valence electrons. The third-order valence-electron chi connectivity index (χ3n) is 3.09. The monoisotopic (exact) mass is 331 g/mol. The SMILES string of the molecule is CCCCSc1nnc(COc2ccc(-n3cnnc3)cc2)o1. The van der Waals surface area contributed by atoms with Crippen LogP contribution in [0.2, 0.25) is 0 Å². The van der Waals surface area contributed by atoms with E-state index in [1.54, 1.807) is 24.4 Å². The van der Waals surface area contributed by atoms with Crippen molar-refractivity contribution in [2.24, 2.45) is 0 Å². The second-order valence-corrected chi connectivity index (χ2v) is 5.86. The Morgan fingerprint density at radius 3 is 2.65 bits per heavy atom. The standard InChI is InChI=1S/C15H17N5O2S/c1-2-3-8-23-15-19-18-14(22-15)9-21-13-6-4-12(5-7-13)20-10-16-17-11-20/h4-7,10-11H,2-3,8-9H2,1H3. The summed E-state index contributed by atoms with van der Waals surface area (Å²) in [5.74, 6) is 2.20. The molecule has 0 amide bonds. The van der Waals surface area contributed by atoms with Gasteiger partial charge in [0, 0.05) is 11.4 Å². The summed E-state index contributed by atoms with van der Waals surface area (Å²) >= 11 is 1.58. The van der Waals surface area contributed by atoms with Gasteiger partial charge in [0.1, 0.15) is 18.4 Å². The third kappa shape index (κ3) is 4.32. The number of unbranched alkanes of at least 4 members (excludes halogenated alkanes) is 1. The number of hydrogen-bond donors (Lipinski definition) is 0. The summed E-state index contributed by atoms with van der Waals surface area (Å²) in [5, 5.41) is 16.1. The molecule has 23 heavy (non-hydrogen) atoms. The largest absolute Gasteiger partial charge is 0.484 e. The Kier molecular flexibility index (Phi) is 5.25. The van der Waals surface area contributed by atoms with Crippen LogP contribution in [0.1, 0.15) is 25.7 Å². The lowest BCUT2D eigenvalue weighted by Crippen LogP contribution is -1.96. The predicted octanol–water partition coefficient (Wildman–Crippen LogP) is 3.12. The minimum Gasteiger partial charge on any atom is -0.484 e. The molecule has 3 aromatic rings. The van der Waals surface area contributed by atoms with Crippen LogP contribution in [0.5, 0.6) is 5.75 Å². The van der Waals surface area contributed by atoms with Gasteiger partial charge in [-0.3, -0.25) is 4.57 Å². The molecule has 0 aliphatic carbocycles. The van der Waals surface area contributed by atoms with Crippen molar-refractivity contribution in [1.82, 2.24) is 25.0 Å². The first-order valence-corrected chi connectivity index (χ1v) is 8.37. The maximum atomic E-state index is 5.66. The highest BCUT2D eigenvalue weighted by Gasteiger charge is 2.07. The van der Waals surface area contributed by atoms with Crippen LogP contribution in [0.4, 0.5) is 0 Å². The second kappa shape index (κ2) is 7.77. The molecule has 8 heteroatoms. The van der Waals surface area contributed by atoms with Crippen molar-refractivity contribution in [1.29, 1.82) is 0 Å². The first kappa shape index (κ1) is 15.5. The number of aromatic nitrogens is 5. The first-order valence-electron chi connectivity index (χ1n) is 7.38. The Labute approximate surface area is 138 Å². The molecule has 0 atom stereocenters. The van der Waals surface area contributed by atoms with Crippen LogP contribution >= 0.6 is 11.8 Å². The lowest BCUT2D eigenvalue weighted by Gasteiger charge is -2.05. The van der Waals surface area contributed by atoms with E-state index in [-0.39, 0.29) is 6.61 Å². The van der Waals surface area contributed by atoms with E-state index in [4.69, 9.17) is 9.15 Å². The minimum absolute atomic E-state index is 0.257. The normalized spacial score (nSPS) is 10.8. The summed E-state index contributed by atoms with van der Waals surface area (Å²) in [4.78, 5) is 0. The van der Waals surface area contributed by atoms with E-state index in [9.17, 15) is 0 Å². The molecule has 0 fully saturated rings. The van der Waals surface area contributed by atoms with Gasteiger partial charge in [0.2, 0.25) is 0 Å². The van der Waals surface area contributed by atoms with E-state index >= 15 is 0 Å². The summed E-state index contributed by atoms with van der Waals surface area (Å²) in [6.45, 7) is 2.41. The van der Waals surface area contributed by atoms with Crippen LogP contribution < -0.4 is 4.74 Å². The van der Waals surface area contributed by atoms with Crippen molar-refractivity contribution < 1.29 is 9.15 Å². The van der Waals surface area contributed by atoms with Gasteiger partial charge in [0.15, 0.2) is 6.61 Å². The van der Waals surface area contributed by atoms with Gasteiger partial charge >= 0.3 is 0 Å². The highest BCUT2D eigenvalue weighted by atomic mass is 32.2. The van der Waals surface area contributed by atoms with Gasteiger partial charge in [-0.15, -0.1) is 20.4 Å². The van der Waals surface area contributed by atoms with Gasteiger partial charge in [-0.05, 0) is 30.7 Å². The van der Waals surface area contributed by atoms with Crippen LogP contribution in [0, 0.1) is 0 Å². The van der Waals surface area contributed by atoms with Crippen molar-refractivity contribution in [3.05, 3.63) is 42.8 Å². The molecule has 3 rings (SSSR count). The van der Waals surface area contributed by atoms with Crippen LogP contribution in [0.15, 0.2) is 46.6 Å². The minimum atomic E-state index is 0.257. The Balaban J connectivity index is 1.52. The van der Waals surface area contributed by atoms with Crippen LogP contribution in [-0.2, 0) is 6.61 Å². The molecule has 2 heterocycles. The van der Waals surface area contributed by atoms with E-state index < -0.39 is 0 Å². The van der Waals surface area contributed by atoms with E-state index in [0.29, 0.717) is 11.1 Å². The highest BCUT2D eigenvalue weighted by molar-refractivity contribution is 7.99. The first-order chi connectivity index (χ1) is 11.3. The van der Waals surface area contributed by atoms with Gasteiger partial charge in [0.05, 0.1) is 0 Å². The van der Waals surface area contributed by atoms with Crippen LogP contribution in [0.3, 0.4) is 0 Å². The Hall–Kier alpha value is -2.35. The molecule has 0 unspecified atom stereocenters. The fourth-order valence-corrected chi connectivity index (χ4v) is 2.71. The van der Waals surface area contributed by atoms with E-state index in [2.05, 4.69) is 27.3 Å². The number of benzene rings is 1. The molecule has 0 N–H and O–H groups in total. The second-order valence-electron chi connectivity index (χ2n) is 4.82. The molecule has 2 aromatic heterocycles. The van der Waals surface area contributed by atoms with Gasteiger partial charge in [-0.25, -0.2) is 0 Å². The number of hydrogen-bond acceptors (Lipinski definition) is 7. The molecule has 0 bridgehead atoms. The molecule has 0 saturated carbocycles. The smallest absolute Gasteiger partial charge is 0.276 e. The zero-order chi connectivity index (χ0) is 15.9. The fraction of sp³-hybridized carbons (Fsp3) is 0.333. The molecule has 7 nitrogen and oxygen atoms in total. The number of nitrogens with zero attached hydrogens (tertiary/aromatic N) is 5. The lowest BCUT2D eigenvalue weighted by molar-refractivity contribution is 0.252. The molecule has 1 aromatic carbocycles. The predicted molar refractivity (Wildman–Crippen MR) is 85.6 cm³/mol. The Morgan fingerprint density at radius 1 is 1.13 bits per heavy atom. The maximum absolute atomic E-state index is 5.66. The summed E-state index contributed by atoms with van der Waals surface area (Å²) in [7, 11) is 0. The number of thioether (sulfide) groups is 1. The Morgan fingerprint density at radius 2 is 1.91 bits per heavy atom. The molecular weight excluding hydrogens is 314 g/mol. The van der Waals surface area contributed by atoms with Gasteiger partial charge in [0.25, 0.3) is 11.1 Å². The van der Waals surface area contributed by atoms with Gasteiger partial charge in [-0.1, -0.05) is 25.1 Å². The van der Waals surface area contributed by atoms with Crippen molar-refractivity contribution in [3.8, 4) is 11.4 Å². The lowest BCUT2D eigenvalue weighted by atomic mass is 10.3. The van der Waals surface area contributed by atoms with E-state index in [1.807, 2.05) is 28.8 Å². The van der Waals surface area contributed by atoms with E-state index in [0.717, 1.165) is 30.0 Å².